The van der Waals surface area contributed by atoms with E-state index in [1.807, 2.05) is 21.6 Å². The first-order valence-corrected chi connectivity index (χ1v) is 23.7. The molecule has 8 nitrogen and oxygen atoms in total. The summed E-state index contributed by atoms with van der Waals surface area (Å²) >= 11 is 0. The first-order chi connectivity index (χ1) is 29.8. The molecule has 2 aromatic heterocycles. The van der Waals surface area contributed by atoms with E-state index >= 15 is 0 Å². The predicted molar refractivity (Wildman–Crippen MR) is 252 cm³/mol. The number of azo groups is 2. The van der Waals surface area contributed by atoms with E-state index in [-0.39, 0.29) is 0 Å². The molecule has 6 aromatic carbocycles. The van der Waals surface area contributed by atoms with Crippen LogP contribution in [0.1, 0.15) is 25.7 Å². The molecule has 10 rings (SSSR count). The highest BCUT2D eigenvalue weighted by molar-refractivity contribution is 8.76. The lowest BCUT2D eigenvalue weighted by molar-refractivity contribution is -0.666. The van der Waals surface area contributed by atoms with Crippen molar-refractivity contribution in [2.45, 2.75) is 38.8 Å². The van der Waals surface area contributed by atoms with Crippen LogP contribution in [0.15, 0.2) is 166 Å². The van der Waals surface area contributed by atoms with Crippen molar-refractivity contribution in [1.29, 1.82) is 0 Å². The van der Waals surface area contributed by atoms with Gasteiger partial charge in [-0.3, -0.25) is 0 Å². The number of benzene rings is 6. The van der Waals surface area contributed by atoms with Gasteiger partial charge >= 0.3 is 0 Å². The molecule has 10 heteroatoms. The zero-order valence-corrected chi connectivity index (χ0v) is 35.4. The molecule has 0 bridgehead atoms. The Morgan fingerprint density at radius 1 is 0.383 bits per heavy atom. The van der Waals surface area contributed by atoms with Gasteiger partial charge in [0.25, 0.3) is 0 Å². The van der Waals surface area contributed by atoms with E-state index in [2.05, 4.69) is 165 Å². The number of hydrogen-bond donors (Lipinski definition) is 0. The van der Waals surface area contributed by atoms with Crippen molar-refractivity contribution >= 4 is 99.1 Å². The summed E-state index contributed by atoms with van der Waals surface area (Å²) in [6.07, 6.45) is 9.33. The maximum absolute atomic E-state index is 4.82. The summed E-state index contributed by atoms with van der Waals surface area (Å²) in [5.41, 5.74) is 8.50. The number of fused-ring (bicyclic) bond motifs is 4. The largest absolute Gasteiger partial charge is 0.371 e. The Morgan fingerprint density at radius 2 is 0.733 bits per heavy atom. The molecule has 0 unspecified atom stereocenters. The van der Waals surface area contributed by atoms with Crippen LogP contribution in [-0.2, 0) is 13.1 Å². The van der Waals surface area contributed by atoms with Gasteiger partial charge in [0, 0.05) is 83.4 Å². The number of rotatable bonds is 13. The molecule has 4 heterocycles. The van der Waals surface area contributed by atoms with Gasteiger partial charge in [-0.15, -0.1) is 20.5 Å². The molecule has 2 aliphatic heterocycles. The smallest absolute Gasteiger partial charge is 0.214 e. The Bertz CT molecular complexity index is 2690. The van der Waals surface area contributed by atoms with Gasteiger partial charge in [-0.05, 0) is 62.1 Å². The topological polar surface area (TPSA) is 63.7 Å². The van der Waals surface area contributed by atoms with E-state index < -0.39 is 0 Å². The summed E-state index contributed by atoms with van der Waals surface area (Å²) in [4.78, 5) is 4.99. The summed E-state index contributed by atoms with van der Waals surface area (Å²) in [6, 6.07) is 47.1. The first-order valence-electron chi connectivity index (χ1n) is 21.2. The number of nitrogens with zero attached hydrogens (tertiary/aromatic N) is 8. The van der Waals surface area contributed by atoms with Crippen LogP contribution >= 0.6 is 21.6 Å². The van der Waals surface area contributed by atoms with E-state index in [4.69, 9.17) is 20.5 Å². The Hall–Kier alpha value is -5.84. The minimum absolute atomic E-state index is 0.883. The maximum atomic E-state index is 4.82. The lowest BCUT2D eigenvalue weighted by Crippen LogP contribution is -2.35. The van der Waals surface area contributed by atoms with Crippen LogP contribution in [0, 0.1) is 0 Å². The lowest BCUT2D eigenvalue weighted by atomic mass is 10.1. The SMILES string of the molecule is c1ccc2c(N3CCCC3)ccc(N=Nc3cc[n+](CCSSCC[n+]4ccc(N=Nc5ccc(N6CCCC6)c6ccccc56)c5ccccc54)c4ccccc34)c2c1. The van der Waals surface area contributed by atoms with Crippen LogP contribution in [0.2, 0.25) is 0 Å². The molecule has 0 atom stereocenters. The van der Waals surface area contributed by atoms with Crippen LogP contribution in [0.5, 0.6) is 0 Å². The highest BCUT2D eigenvalue weighted by Crippen LogP contribution is 2.38. The minimum atomic E-state index is 0.883. The second-order valence-corrected chi connectivity index (χ2v) is 18.3. The minimum Gasteiger partial charge on any atom is -0.371 e. The standard InChI is InChI=1S/C50H48N8S2/c1-3-15-39-37(13-1)43(21-23-49(39)55-27-9-10-28-55)51-53-45-25-31-57(47-19-7-5-17-41(45)47)33-35-59-60-36-34-58-32-26-46(42-18-6-8-20-48(42)58)54-52-44-22-24-50(56-29-11-12-30-56)40-16-4-2-14-38(40)44/h1-8,13-26,31-32H,9-12,27-30,33-36H2/q+2. The third-order valence-electron chi connectivity index (χ3n) is 11.9. The summed E-state index contributed by atoms with van der Waals surface area (Å²) in [7, 11) is 3.85. The van der Waals surface area contributed by atoms with Crippen molar-refractivity contribution in [3.05, 3.63) is 146 Å². The van der Waals surface area contributed by atoms with Gasteiger partial charge in [0.05, 0.1) is 33.7 Å². The zero-order chi connectivity index (χ0) is 40.1. The van der Waals surface area contributed by atoms with Crippen molar-refractivity contribution < 1.29 is 9.13 Å². The molecule has 2 aliphatic rings. The highest BCUT2D eigenvalue weighted by atomic mass is 33.1. The molecule has 0 amide bonds. The fourth-order valence-electron chi connectivity index (χ4n) is 8.89. The van der Waals surface area contributed by atoms with Gasteiger partial charge in [-0.1, -0.05) is 94.4 Å². The second-order valence-electron chi connectivity index (χ2n) is 15.6. The Kier molecular flexibility index (Phi) is 11.4. The van der Waals surface area contributed by atoms with Crippen molar-refractivity contribution in [1.82, 2.24) is 0 Å². The van der Waals surface area contributed by atoms with Crippen molar-refractivity contribution in [2.75, 3.05) is 47.5 Å². The number of aryl methyl sites for hydroxylation is 2. The number of pyridine rings is 2. The van der Waals surface area contributed by atoms with Crippen LogP contribution in [-0.4, -0.2) is 37.7 Å². The normalized spacial score (nSPS) is 14.7. The van der Waals surface area contributed by atoms with Crippen LogP contribution in [0.4, 0.5) is 34.1 Å². The van der Waals surface area contributed by atoms with Gasteiger partial charge in [0.1, 0.15) is 11.4 Å². The number of anilines is 2. The second kappa shape index (κ2) is 17.8. The van der Waals surface area contributed by atoms with Crippen LogP contribution in [0.25, 0.3) is 43.4 Å². The molecule has 60 heavy (non-hydrogen) atoms. The summed E-state index contributed by atoms with van der Waals surface area (Å²) in [5, 5.41) is 26.3. The van der Waals surface area contributed by atoms with Gasteiger partial charge in [0.2, 0.25) is 11.0 Å². The van der Waals surface area contributed by atoms with Gasteiger partial charge in [-0.25, -0.2) is 0 Å². The van der Waals surface area contributed by atoms with Crippen molar-refractivity contribution in [3.63, 3.8) is 0 Å². The van der Waals surface area contributed by atoms with Crippen LogP contribution in [0.3, 0.4) is 0 Å². The Morgan fingerprint density at radius 3 is 1.15 bits per heavy atom. The molecule has 0 saturated carbocycles. The number of hydrogen-bond acceptors (Lipinski definition) is 8. The van der Waals surface area contributed by atoms with Crippen LogP contribution < -0.4 is 18.9 Å². The zero-order valence-electron chi connectivity index (χ0n) is 33.7. The molecule has 0 N–H and O–H groups in total. The monoisotopic (exact) mass is 824 g/mol. The van der Waals surface area contributed by atoms with Crippen molar-refractivity contribution in [3.8, 4) is 0 Å². The lowest BCUT2D eigenvalue weighted by Gasteiger charge is -2.20. The van der Waals surface area contributed by atoms with Crippen molar-refractivity contribution in [2.24, 2.45) is 20.5 Å². The van der Waals surface area contributed by atoms with Gasteiger partial charge in [-0.2, -0.15) is 9.13 Å². The first kappa shape index (κ1) is 38.4. The van der Waals surface area contributed by atoms with E-state index in [1.165, 1.54) is 58.9 Å². The van der Waals surface area contributed by atoms with E-state index in [1.54, 1.807) is 0 Å². The Labute approximate surface area is 359 Å². The number of aromatic nitrogens is 2. The summed E-state index contributed by atoms with van der Waals surface area (Å²) < 4.78 is 4.67. The molecular weight excluding hydrogens is 777 g/mol. The van der Waals surface area contributed by atoms with E-state index in [0.717, 1.165) is 95.1 Å². The molecule has 298 valence electrons. The average molecular weight is 825 g/mol. The molecular formula is C50H48N8S2+2. The summed E-state index contributed by atoms with van der Waals surface area (Å²) in [5.74, 6) is 1.99. The molecule has 8 aromatic rings. The van der Waals surface area contributed by atoms with Gasteiger partial charge in [0.15, 0.2) is 25.5 Å². The molecule has 2 fully saturated rings. The predicted octanol–water partition coefficient (Wildman–Crippen LogP) is 13.0. The third-order valence-corrected chi connectivity index (χ3v) is 14.3. The quantitative estimate of drug-likeness (QED) is 0.0503. The Balaban J connectivity index is 0.779. The molecule has 0 aliphatic carbocycles. The van der Waals surface area contributed by atoms with E-state index in [0.29, 0.717) is 0 Å². The maximum Gasteiger partial charge on any atom is 0.214 e. The molecule has 0 radical (unpaired) electrons. The summed E-state index contributed by atoms with van der Waals surface area (Å²) in [6.45, 7) is 6.28. The fourth-order valence-corrected chi connectivity index (χ4v) is 10.8. The number of para-hydroxylation sites is 2. The highest BCUT2D eigenvalue weighted by Gasteiger charge is 2.19. The fraction of sp³-hybridized carbons (Fsp3) is 0.240. The third kappa shape index (κ3) is 7.94. The average Bonchev–Trinajstić information content (AvgIpc) is 4.05. The molecule has 2 saturated heterocycles. The van der Waals surface area contributed by atoms with E-state index in [9.17, 15) is 0 Å². The van der Waals surface area contributed by atoms with Gasteiger partial charge < -0.3 is 9.80 Å². The molecule has 0 spiro atoms.